The van der Waals surface area contributed by atoms with Crippen molar-refractivity contribution in [3.63, 3.8) is 0 Å². The van der Waals surface area contributed by atoms with Crippen LogP contribution >= 0.6 is 0 Å². The lowest BCUT2D eigenvalue weighted by molar-refractivity contribution is 0.193. The number of benzene rings is 2. The minimum absolute atomic E-state index is 0.105. The number of nitrogens with one attached hydrogen (secondary N) is 1. The lowest BCUT2D eigenvalue weighted by atomic mass is 10.0. The average molecular weight is 383 g/mol. The molecule has 1 aliphatic rings. The Labute approximate surface area is 167 Å². The van der Waals surface area contributed by atoms with Gasteiger partial charge < -0.3 is 24.6 Å². The minimum atomic E-state index is -0.105. The summed E-state index contributed by atoms with van der Waals surface area (Å²) in [4.78, 5) is 16.9. The molecule has 2 aromatic carbocycles. The Kier molecular flexibility index (Phi) is 6.29. The van der Waals surface area contributed by atoms with Gasteiger partial charge in [0.05, 0.1) is 19.9 Å². The number of piperidine rings is 1. The van der Waals surface area contributed by atoms with Crippen molar-refractivity contribution in [2.75, 3.05) is 44.6 Å². The number of nitrogens with zero attached hydrogens (tertiary/aromatic N) is 2. The van der Waals surface area contributed by atoms with Crippen LogP contribution in [0.15, 0.2) is 42.5 Å². The number of urea groups is 1. The van der Waals surface area contributed by atoms with Crippen LogP contribution in [0.4, 0.5) is 16.2 Å². The predicted molar refractivity (Wildman–Crippen MR) is 113 cm³/mol. The molecule has 1 heterocycles. The highest BCUT2D eigenvalue weighted by molar-refractivity contribution is 5.91. The van der Waals surface area contributed by atoms with E-state index in [2.05, 4.69) is 22.3 Å². The van der Waals surface area contributed by atoms with E-state index in [1.807, 2.05) is 49.2 Å². The van der Waals surface area contributed by atoms with Crippen molar-refractivity contribution >= 4 is 17.4 Å². The van der Waals surface area contributed by atoms with Gasteiger partial charge in [0.25, 0.3) is 0 Å². The smallest absolute Gasteiger partial charge is 0.321 e. The molecule has 1 fully saturated rings. The number of rotatable bonds is 5. The Bertz CT molecular complexity index is 799. The van der Waals surface area contributed by atoms with Crippen LogP contribution in [0.2, 0.25) is 0 Å². The van der Waals surface area contributed by atoms with Crippen LogP contribution in [0, 0.1) is 6.92 Å². The quantitative estimate of drug-likeness (QED) is 0.843. The van der Waals surface area contributed by atoms with Crippen LogP contribution in [0.1, 0.15) is 18.4 Å². The molecule has 0 aliphatic carbocycles. The number of amides is 2. The van der Waals surface area contributed by atoms with Crippen LogP contribution in [-0.4, -0.2) is 51.3 Å². The van der Waals surface area contributed by atoms with E-state index in [-0.39, 0.29) is 12.1 Å². The molecule has 2 aromatic rings. The molecule has 6 nitrogen and oxygen atoms in total. The third-order valence-corrected chi connectivity index (χ3v) is 5.37. The summed E-state index contributed by atoms with van der Waals surface area (Å²) < 4.78 is 10.6. The lowest BCUT2D eigenvalue weighted by Crippen LogP contribution is -2.47. The molecule has 1 N–H and O–H groups in total. The van der Waals surface area contributed by atoms with Crippen LogP contribution in [0.5, 0.6) is 11.5 Å². The molecule has 3 rings (SSSR count). The Morgan fingerprint density at radius 1 is 1.07 bits per heavy atom. The molecule has 0 radical (unpaired) electrons. The standard InChI is InChI=1S/C22H29N3O3/c1-16-5-10-21(28-4)20(15-16)23-22(26)24(2)17-11-13-25(14-12-17)18-6-8-19(27-3)9-7-18/h5-10,15,17H,11-14H2,1-4H3,(H,23,26). The van der Waals surface area contributed by atoms with Gasteiger partial charge in [0, 0.05) is 31.9 Å². The molecule has 28 heavy (non-hydrogen) atoms. The zero-order valence-corrected chi connectivity index (χ0v) is 17.1. The number of carbonyl (C=O) groups is 1. The third-order valence-electron chi connectivity index (χ3n) is 5.37. The highest BCUT2D eigenvalue weighted by Crippen LogP contribution is 2.27. The first-order valence-corrected chi connectivity index (χ1v) is 9.59. The Morgan fingerprint density at radius 2 is 1.75 bits per heavy atom. The molecule has 0 atom stereocenters. The fourth-order valence-corrected chi connectivity index (χ4v) is 3.59. The summed E-state index contributed by atoms with van der Waals surface area (Å²) in [6.45, 7) is 3.83. The first kappa shape index (κ1) is 19.9. The molecule has 2 amide bonds. The number of aryl methyl sites for hydroxylation is 1. The Hall–Kier alpha value is -2.89. The van der Waals surface area contributed by atoms with Gasteiger partial charge in [0.15, 0.2) is 0 Å². The molecule has 0 saturated carbocycles. The zero-order valence-electron chi connectivity index (χ0n) is 17.1. The highest BCUT2D eigenvalue weighted by atomic mass is 16.5. The van der Waals surface area contributed by atoms with Gasteiger partial charge in [-0.05, 0) is 61.7 Å². The summed E-state index contributed by atoms with van der Waals surface area (Å²) in [5.41, 5.74) is 2.97. The number of hydrogen-bond donors (Lipinski definition) is 1. The van der Waals surface area contributed by atoms with Gasteiger partial charge in [-0.3, -0.25) is 0 Å². The van der Waals surface area contributed by atoms with Gasteiger partial charge in [-0.2, -0.15) is 0 Å². The van der Waals surface area contributed by atoms with Gasteiger partial charge in [-0.25, -0.2) is 4.79 Å². The number of methoxy groups -OCH3 is 2. The fraction of sp³-hybridized carbons (Fsp3) is 0.409. The van der Waals surface area contributed by atoms with E-state index in [9.17, 15) is 4.79 Å². The maximum atomic E-state index is 12.7. The average Bonchev–Trinajstić information content (AvgIpc) is 2.73. The molecule has 0 bridgehead atoms. The first-order chi connectivity index (χ1) is 13.5. The molecule has 0 spiro atoms. The van der Waals surface area contributed by atoms with Crippen molar-refractivity contribution in [1.82, 2.24) is 4.90 Å². The molecule has 0 unspecified atom stereocenters. The van der Waals surface area contributed by atoms with E-state index >= 15 is 0 Å². The molecular weight excluding hydrogens is 354 g/mol. The van der Waals surface area contributed by atoms with Crippen LogP contribution in [0.25, 0.3) is 0 Å². The summed E-state index contributed by atoms with van der Waals surface area (Å²) in [5.74, 6) is 1.53. The van der Waals surface area contributed by atoms with Crippen molar-refractivity contribution in [3.8, 4) is 11.5 Å². The van der Waals surface area contributed by atoms with Crippen LogP contribution in [0.3, 0.4) is 0 Å². The van der Waals surface area contributed by atoms with Gasteiger partial charge in [0.1, 0.15) is 11.5 Å². The molecule has 1 saturated heterocycles. The summed E-state index contributed by atoms with van der Waals surface area (Å²) in [5, 5.41) is 2.99. The topological polar surface area (TPSA) is 54.0 Å². The van der Waals surface area contributed by atoms with Crippen LogP contribution < -0.4 is 19.7 Å². The molecule has 150 valence electrons. The summed E-state index contributed by atoms with van der Waals surface area (Å²) in [6.07, 6.45) is 1.86. The molecule has 1 aliphatic heterocycles. The first-order valence-electron chi connectivity index (χ1n) is 9.59. The maximum absolute atomic E-state index is 12.7. The van der Waals surface area contributed by atoms with Gasteiger partial charge in [0.2, 0.25) is 0 Å². The highest BCUT2D eigenvalue weighted by Gasteiger charge is 2.26. The second-order valence-electron chi connectivity index (χ2n) is 7.16. The fourth-order valence-electron chi connectivity index (χ4n) is 3.59. The van der Waals surface area contributed by atoms with E-state index < -0.39 is 0 Å². The SMILES string of the molecule is COc1ccc(N2CCC(N(C)C(=O)Nc3cc(C)ccc3OC)CC2)cc1. The normalized spacial score (nSPS) is 14.5. The largest absolute Gasteiger partial charge is 0.497 e. The summed E-state index contributed by atoms with van der Waals surface area (Å²) >= 11 is 0. The van der Waals surface area contributed by atoms with Gasteiger partial charge in [-0.1, -0.05) is 6.07 Å². The number of hydrogen-bond acceptors (Lipinski definition) is 4. The van der Waals surface area contributed by atoms with E-state index in [0.29, 0.717) is 11.4 Å². The Morgan fingerprint density at radius 3 is 2.36 bits per heavy atom. The van der Waals surface area contributed by atoms with Crippen molar-refractivity contribution < 1.29 is 14.3 Å². The van der Waals surface area contributed by atoms with Crippen molar-refractivity contribution in [1.29, 1.82) is 0 Å². The van der Waals surface area contributed by atoms with E-state index in [4.69, 9.17) is 9.47 Å². The van der Waals surface area contributed by atoms with Gasteiger partial charge in [-0.15, -0.1) is 0 Å². The van der Waals surface area contributed by atoms with E-state index in [1.54, 1.807) is 14.2 Å². The summed E-state index contributed by atoms with van der Waals surface area (Å²) in [6, 6.07) is 14.0. The minimum Gasteiger partial charge on any atom is -0.497 e. The second-order valence-corrected chi connectivity index (χ2v) is 7.16. The Balaban J connectivity index is 1.57. The summed E-state index contributed by atoms with van der Waals surface area (Å²) in [7, 11) is 5.15. The number of anilines is 2. The van der Waals surface area contributed by atoms with E-state index in [0.717, 1.165) is 37.2 Å². The third kappa shape index (κ3) is 4.50. The number of ether oxygens (including phenoxy) is 2. The van der Waals surface area contributed by atoms with Crippen molar-refractivity contribution in [3.05, 3.63) is 48.0 Å². The monoisotopic (exact) mass is 383 g/mol. The van der Waals surface area contributed by atoms with Crippen molar-refractivity contribution in [2.24, 2.45) is 0 Å². The number of carbonyl (C=O) groups excluding carboxylic acids is 1. The van der Waals surface area contributed by atoms with Gasteiger partial charge >= 0.3 is 6.03 Å². The predicted octanol–water partition coefficient (Wildman–Crippen LogP) is 4.14. The molecular formula is C22H29N3O3. The van der Waals surface area contributed by atoms with Crippen molar-refractivity contribution in [2.45, 2.75) is 25.8 Å². The maximum Gasteiger partial charge on any atom is 0.321 e. The molecule has 6 heteroatoms. The van der Waals surface area contributed by atoms with E-state index in [1.165, 1.54) is 5.69 Å². The van der Waals surface area contributed by atoms with Crippen LogP contribution in [-0.2, 0) is 0 Å². The zero-order chi connectivity index (χ0) is 20.1. The second kappa shape index (κ2) is 8.87. The lowest BCUT2D eigenvalue weighted by Gasteiger charge is -2.37. The molecule has 0 aromatic heterocycles.